The third-order valence-electron chi connectivity index (χ3n) is 6.97. The number of nitrogen functional groups attached to an aromatic ring is 1. The smallest absolute Gasteiger partial charge is 0.251 e. The molecule has 184 valence electrons. The normalized spacial score (nSPS) is 19.6. The molecule has 5 aromatic rings. The van der Waals surface area contributed by atoms with Crippen molar-refractivity contribution >= 4 is 17.4 Å². The van der Waals surface area contributed by atoms with E-state index in [2.05, 4.69) is 30.5 Å². The molecule has 7 rings (SSSR count). The summed E-state index contributed by atoms with van der Waals surface area (Å²) in [6.07, 6.45) is 2.24. The second-order valence-electron chi connectivity index (χ2n) is 9.11. The Hall–Kier alpha value is -4.45. The minimum Gasteiger partial charge on any atom is -0.384 e. The molecule has 0 saturated heterocycles. The summed E-state index contributed by atoms with van der Waals surface area (Å²) in [6, 6.07) is 10.8. The van der Waals surface area contributed by atoms with E-state index < -0.39 is 17.9 Å². The van der Waals surface area contributed by atoms with Crippen molar-refractivity contribution < 1.29 is 8.78 Å². The third-order valence-corrected chi connectivity index (χ3v) is 7.21. The number of pyridine rings is 2. The van der Waals surface area contributed by atoms with Crippen LogP contribution in [0.1, 0.15) is 29.8 Å². The number of rotatable bonds is 4. The van der Waals surface area contributed by atoms with Gasteiger partial charge in [0.2, 0.25) is 11.9 Å². The molecule has 1 aliphatic carbocycles. The number of imidazole rings is 1. The highest BCUT2D eigenvalue weighted by Gasteiger charge is 2.54. The number of nitrogens with zero attached hydrogens (tertiary/aromatic N) is 7. The molecule has 0 amide bonds. The number of hydrogen-bond donors (Lipinski definition) is 2. The maximum absolute atomic E-state index is 15.1. The van der Waals surface area contributed by atoms with E-state index in [1.54, 1.807) is 22.8 Å². The summed E-state index contributed by atoms with van der Waals surface area (Å²) in [6.45, 7) is 0. The van der Waals surface area contributed by atoms with E-state index in [1.807, 2.05) is 6.07 Å². The zero-order chi connectivity index (χ0) is 25.4. The molecular weight excluding hydrogens is 504 g/mol. The third kappa shape index (κ3) is 3.36. The van der Waals surface area contributed by atoms with Gasteiger partial charge in [0.25, 0.3) is 5.56 Å². The SMILES string of the molecule is Nc1ccc(-c2nc(F)c(C3C4CC4c4cc(-c5cc(Cl)ccc5-n5cnnn5)cc(=O)n43)[nH]2)c(F)n1. The molecule has 1 aromatic carbocycles. The number of hydrogen-bond acceptors (Lipinski definition) is 7. The van der Waals surface area contributed by atoms with E-state index in [4.69, 9.17) is 17.3 Å². The molecule has 3 N–H and O–H groups in total. The predicted octanol–water partition coefficient (Wildman–Crippen LogP) is 3.50. The fraction of sp³-hybridized carbons (Fsp3) is 0.167. The standard InChI is InChI=1S/C24H16ClF2N9O/c25-11-1-3-16(35-9-29-33-34-35)13(7-11)10-5-17-14-8-15(14)21(36(17)19(37)6-10)20-23(27)32-24(31-20)12-2-4-18(28)30-22(12)26/h1-7,9,14-15,21H,8H2,(H2,28,30)(H,31,32). The van der Waals surface area contributed by atoms with Crippen LogP contribution < -0.4 is 11.3 Å². The zero-order valence-corrected chi connectivity index (χ0v) is 19.6. The summed E-state index contributed by atoms with van der Waals surface area (Å²) < 4.78 is 32.5. The first kappa shape index (κ1) is 21.8. The zero-order valence-electron chi connectivity index (χ0n) is 18.8. The minimum absolute atomic E-state index is 0.00402. The summed E-state index contributed by atoms with van der Waals surface area (Å²) >= 11 is 6.28. The van der Waals surface area contributed by atoms with Gasteiger partial charge >= 0.3 is 0 Å². The van der Waals surface area contributed by atoms with Crippen LogP contribution in [0.5, 0.6) is 0 Å². The van der Waals surface area contributed by atoms with Crippen LogP contribution in [0.25, 0.3) is 28.2 Å². The number of aromatic amines is 1. The molecule has 3 atom stereocenters. The number of tetrazole rings is 1. The Morgan fingerprint density at radius 3 is 2.70 bits per heavy atom. The summed E-state index contributed by atoms with van der Waals surface area (Å²) in [5, 5.41) is 11.8. The molecule has 5 heterocycles. The maximum atomic E-state index is 15.1. The Kier molecular flexibility index (Phi) is 4.58. The minimum atomic E-state index is -0.863. The van der Waals surface area contributed by atoms with Gasteiger partial charge in [-0.3, -0.25) is 4.79 Å². The van der Waals surface area contributed by atoms with Gasteiger partial charge in [-0.1, -0.05) is 11.6 Å². The first-order chi connectivity index (χ1) is 17.9. The second-order valence-corrected chi connectivity index (χ2v) is 9.54. The van der Waals surface area contributed by atoms with Crippen LogP contribution in [-0.2, 0) is 0 Å². The van der Waals surface area contributed by atoms with Gasteiger partial charge in [-0.2, -0.15) is 18.4 Å². The highest BCUT2D eigenvalue weighted by molar-refractivity contribution is 6.31. The van der Waals surface area contributed by atoms with Gasteiger partial charge in [-0.05, 0) is 64.7 Å². The molecule has 37 heavy (non-hydrogen) atoms. The lowest BCUT2D eigenvalue weighted by atomic mass is 10.0. The molecule has 0 spiro atoms. The van der Waals surface area contributed by atoms with Gasteiger partial charge < -0.3 is 15.3 Å². The Balaban J connectivity index is 1.33. The molecule has 4 aromatic heterocycles. The molecule has 0 bridgehead atoms. The molecule has 1 fully saturated rings. The van der Waals surface area contributed by atoms with E-state index in [0.717, 1.165) is 12.1 Å². The van der Waals surface area contributed by atoms with Crippen LogP contribution in [0.15, 0.2) is 53.6 Å². The fourth-order valence-electron chi connectivity index (χ4n) is 5.30. The van der Waals surface area contributed by atoms with Gasteiger partial charge in [0.05, 0.1) is 23.0 Å². The number of aromatic nitrogens is 8. The van der Waals surface area contributed by atoms with Gasteiger partial charge in [-0.25, -0.2) is 4.98 Å². The Labute approximate surface area is 211 Å². The highest BCUT2D eigenvalue weighted by Crippen LogP contribution is 2.61. The number of anilines is 1. The average molecular weight is 520 g/mol. The second kappa shape index (κ2) is 7.77. The highest BCUT2D eigenvalue weighted by atomic mass is 35.5. The van der Waals surface area contributed by atoms with Crippen molar-refractivity contribution in [2.75, 3.05) is 5.73 Å². The number of fused-ring (bicyclic) bond motifs is 3. The lowest BCUT2D eigenvalue weighted by Gasteiger charge is -2.18. The van der Waals surface area contributed by atoms with Crippen molar-refractivity contribution in [3.8, 4) is 28.2 Å². The largest absolute Gasteiger partial charge is 0.384 e. The summed E-state index contributed by atoms with van der Waals surface area (Å²) in [7, 11) is 0. The van der Waals surface area contributed by atoms with Crippen molar-refractivity contribution in [2.24, 2.45) is 5.92 Å². The molecule has 0 radical (unpaired) electrons. The van der Waals surface area contributed by atoms with Gasteiger partial charge in [-0.15, -0.1) is 5.10 Å². The molecule has 1 saturated carbocycles. The number of nitrogens with two attached hydrogens (primary N) is 1. The van der Waals surface area contributed by atoms with E-state index in [1.165, 1.54) is 29.2 Å². The summed E-state index contributed by atoms with van der Waals surface area (Å²) in [5.74, 6) is -1.57. The van der Waals surface area contributed by atoms with Gasteiger partial charge in [0.15, 0.2) is 0 Å². The number of nitrogens with one attached hydrogen (secondary N) is 1. The van der Waals surface area contributed by atoms with Crippen LogP contribution in [0, 0.1) is 17.8 Å². The van der Waals surface area contributed by atoms with Crippen LogP contribution in [-0.4, -0.2) is 39.7 Å². The van der Waals surface area contributed by atoms with Crippen LogP contribution in [0.4, 0.5) is 14.6 Å². The lowest BCUT2D eigenvalue weighted by molar-refractivity contribution is 0.482. The van der Waals surface area contributed by atoms with Gasteiger partial charge in [0.1, 0.15) is 18.0 Å². The van der Waals surface area contributed by atoms with Crippen molar-refractivity contribution in [3.63, 3.8) is 0 Å². The topological polar surface area (TPSA) is 133 Å². The summed E-state index contributed by atoms with van der Waals surface area (Å²) in [4.78, 5) is 23.8. The van der Waals surface area contributed by atoms with Crippen LogP contribution in [0.2, 0.25) is 5.02 Å². The number of H-pyrrole nitrogens is 1. The molecule has 10 nitrogen and oxygen atoms in total. The maximum Gasteiger partial charge on any atom is 0.251 e. The van der Waals surface area contributed by atoms with E-state index in [0.29, 0.717) is 21.8 Å². The molecule has 1 aliphatic heterocycles. The molecule has 3 unspecified atom stereocenters. The van der Waals surface area contributed by atoms with Crippen molar-refractivity contribution in [1.82, 2.24) is 39.7 Å². The van der Waals surface area contributed by atoms with Gasteiger partial charge in [0, 0.05) is 28.3 Å². The fourth-order valence-corrected chi connectivity index (χ4v) is 5.47. The van der Waals surface area contributed by atoms with E-state index >= 15 is 4.39 Å². The van der Waals surface area contributed by atoms with Crippen molar-refractivity contribution in [2.45, 2.75) is 18.4 Å². The average Bonchev–Trinajstić information content (AvgIpc) is 3.16. The number of halogens is 3. The first-order valence-corrected chi connectivity index (χ1v) is 11.7. The monoisotopic (exact) mass is 519 g/mol. The van der Waals surface area contributed by atoms with Crippen LogP contribution >= 0.6 is 11.6 Å². The Morgan fingerprint density at radius 1 is 1.05 bits per heavy atom. The quantitative estimate of drug-likeness (QED) is 0.347. The molecular formula is C24H16ClF2N9O. The lowest BCUT2D eigenvalue weighted by Crippen LogP contribution is -2.26. The molecule has 2 aliphatic rings. The Bertz CT molecular complexity index is 1760. The van der Waals surface area contributed by atoms with Crippen LogP contribution in [0.3, 0.4) is 0 Å². The van der Waals surface area contributed by atoms with E-state index in [9.17, 15) is 9.18 Å². The van der Waals surface area contributed by atoms with E-state index in [-0.39, 0.29) is 40.3 Å². The number of benzene rings is 1. The first-order valence-electron chi connectivity index (χ1n) is 11.4. The predicted molar refractivity (Wildman–Crippen MR) is 129 cm³/mol. The van der Waals surface area contributed by atoms with Crippen molar-refractivity contribution in [3.05, 3.63) is 87.5 Å². The molecule has 13 heteroatoms. The Morgan fingerprint density at radius 2 is 1.92 bits per heavy atom. The van der Waals surface area contributed by atoms with Crippen molar-refractivity contribution in [1.29, 1.82) is 0 Å². The summed E-state index contributed by atoms with van der Waals surface area (Å²) in [5.41, 5.74) is 8.11.